The molecule has 0 aliphatic rings. The van der Waals surface area contributed by atoms with Gasteiger partial charge in [0.15, 0.2) is 0 Å². The average molecular weight is 306 g/mol. The van der Waals surface area contributed by atoms with Crippen LogP contribution in [0.4, 0.5) is 0 Å². The first-order valence-corrected chi connectivity index (χ1v) is 7.02. The third-order valence-corrected chi connectivity index (χ3v) is 3.57. The van der Waals surface area contributed by atoms with Gasteiger partial charge in [-0.1, -0.05) is 35.4 Å². The average Bonchev–Trinajstić information content (AvgIpc) is 2.46. The van der Waals surface area contributed by atoms with Gasteiger partial charge < -0.3 is 4.74 Å². The van der Waals surface area contributed by atoms with E-state index in [1.807, 2.05) is 25.1 Å². The van der Waals surface area contributed by atoms with Gasteiger partial charge in [0.05, 0.1) is 17.5 Å². The van der Waals surface area contributed by atoms with Crippen molar-refractivity contribution in [1.82, 2.24) is 0 Å². The molecule has 20 heavy (non-hydrogen) atoms. The van der Waals surface area contributed by atoms with E-state index in [0.717, 1.165) is 22.4 Å². The molecule has 2 aromatic carbocycles. The summed E-state index contributed by atoms with van der Waals surface area (Å²) in [5, 5.41) is 9.33. The smallest absolute Gasteiger partial charge is 0.124 e. The molecule has 0 spiro atoms. The summed E-state index contributed by atoms with van der Waals surface area (Å²) in [6, 6.07) is 13.1. The van der Waals surface area contributed by atoms with Crippen molar-refractivity contribution >= 4 is 23.2 Å². The molecular weight excluding hydrogens is 293 g/mol. The summed E-state index contributed by atoms with van der Waals surface area (Å²) in [6.07, 6.45) is 0. The summed E-state index contributed by atoms with van der Waals surface area (Å²) in [6.45, 7) is 2.36. The van der Waals surface area contributed by atoms with Crippen LogP contribution in [0, 0.1) is 18.3 Å². The van der Waals surface area contributed by atoms with E-state index in [1.54, 1.807) is 18.2 Å². The lowest BCUT2D eigenvalue weighted by Crippen LogP contribution is -1.99. The molecule has 0 saturated carbocycles. The summed E-state index contributed by atoms with van der Waals surface area (Å²) in [4.78, 5) is 0. The first-order chi connectivity index (χ1) is 9.63. The first kappa shape index (κ1) is 14.7. The minimum absolute atomic E-state index is 0.345. The monoisotopic (exact) mass is 305 g/mol. The molecule has 0 atom stereocenters. The van der Waals surface area contributed by atoms with E-state index in [2.05, 4.69) is 6.07 Å². The normalized spacial score (nSPS) is 10.1. The predicted octanol–water partition coefficient (Wildman–Crippen LogP) is 4.84. The summed E-state index contributed by atoms with van der Waals surface area (Å²) in [5.41, 5.74) is 3.48. The van der Waals surface area contributed by atoms with Crippen LogP contribution in [0.15, 0.2) is 36.4 Å². The van der Waals surface area contributed by atoms with Crippen molar-refractivity contribution in [1.29, 1.82) is 5.26 Å². The van der Waals surface area contributed by atoms with Crippen molar-refractivity contribution in [3.05, 3.63) is 63.7 Å². The zero-order valence-corrected chi connectivity index (χ0v) is 12.5. The fraction of sp³-hybridized carbons (Fsp3) is 0.188. The zero-order valence-electron chi connectivity index (χ0n) is 11.0. The van der Waals surface area contributed by atoms with Gasteiger partial charge in [0.2, 0.25) is 0 Å². The molecule has 4 heteroatoms. The largest absolute Gasteiger partial charge is 0.489 e. The van der Waals surface area contributed by atoms with Gasteiger partial charge in [0.1, 0.15) is 12.4 Å². The highest BCUT2D eigenvalue weighted by molar-refractivity contribution is 6.31. The lowest BCUT2D eigenvalue weighted by atomic mass is 10.1. The molecule has 0 N–H and O–H groups in total. The number of alkyl halides is 1. The van der Waals surface area contributed by atoms with Gasteiger partial charge in [-0.05, 0) is 25.1 Å². The van der Waals surface area contributed by atoms with Crippen LogP contribution in [0.2, 0.25) is 5.02 Å². The molecule has 2 aromatic rings. The highest BCUT2D eigenvalue weighted by atomic mass is 35.5. The van der Waals surface area contributed by atoms with Gasteiger partial charge in [-0.3, -0.25) is 0 Å². The van der Waals surface area contributed by atoms with Crippen molar-refractivity contribution in [3.63, 3.8) is 0 Å². The van der Waals surface area contributed by atoms with Crippen LogP contribution < -0.4 is 4.74 Å². The quantitative estimate of drug-likeness (QED) is 0.757. The molecule has 0 aliphatic carbocycles. The minimum atomic E-state index is 0.345. The van der Waals surface area contributed by atoms with Crippen molar-refractivity contribution in [2.75, 3.05) is 0 Å². The van der Waals surface area contributed by atoms with Gasteiger partial charge in [0, 0.05) is 16.1 Å². The molecule has 2 nitrogen and oxygen atoms in total. The fourth-order valence-electron chi connectivity index (χ4n) is 1.84. The Labute approximate surface area is 128 Å². The Morgan fingerprint density at radius 2 is 1.95 bits per heavy atom. The zero-order chi connectivity index (χ0) is 14.5. The van der Waals surface area contributed by atoms with Crippen LogP contribution >= 0.6 is 23.2 Å². The fourth-order valence-corrected chi connectivity index (χ4v) is 2.29. The van der Waals surface area contributed by atoms with Crippen molar-refractivity contribution in [2.24, 2.45) is 0 Å². The van der Waals surface area contributed by atoms with Crippen molar-refractivity contribution < 1.29 is 4.74 Å². The molecule has 0 aromatic heterocycles. The third kappa shape index (κ3) is 3.45. The Morgan fingerprint density at radius 3 is 2.60 bits per heavy atom. The molecule has 0 heterocycles. The number of rotatable bonds is 4. The Hall–Kier alpha value is -1.69. The number of hydrogen-bond acceptors (Lipinski definition) is 2. The predicted molar refractivity (Wildman–Crippen MR) is 81.2 cm³/mol. The van der Waals surface area contributed by atoms with Crippen LogP contribution in [0.25, 0.3) is 0 Å². The Bertz CT molecular complexity index is 662. The van der Waals surface area contributed by atoms with E-state index in [-0.39, 0.29) is 0 Å². The molecule has 0 amide bonds. The molecule has 2 rings (SSSR count). The summed E-state index contributed by atoms with van der Waals surface area (Å²) in [7, 11) is 0. The van der Waals surface area contributed by atoms with Gasteiger partial charge in [-0.15, -0.1) is 11.6 Å². The Morgan fingerprint density at radius 1 is 1.15 bits per heavy atom. The molecule has 0 radical (unpaired) electrons. The lowest BCUT2D eigenvalue weighted by Gasteiger charge is -2.11. The number of hydrogen-bond donors (Lipinski definition) is 0. The Kier molecular flexibility index (Phi) is 4.89. The maximum absolute atomic E-state index is 8.80. The minimum Gasteiger partial charge on any atom is -0.489 e. The molecule has 0 aliphatic heterocycles. The topological polar surface area (TPSA) is 33.0 Å². The maximum atomic E-state index is 8.80. The van der Waals surface area contributed by atoms with Gasteiger partial charge in [0.25, 0.3) is 0 Å². The van der Waals surface area contributed by atoms with Crippen LogP contribution in [-0.2, 0) is 12.5 Å². The van der Waals surface area contributed by atoms with E-state index in [0.29, 0.717) is 23.1 Å². The number of aryl methyl sites for hydroxylation is 1. The SMILES string of the molecule is Cc1ccc(OCc2ccc(C#N)cc2Cl)c(CCl)c1. The highest BCUT2D eigenvalue weighted by Crippen LogP contribution is 2.25. The van der Waals surface area contributed by atoms with Gasteiger partial charge in [-0.2, -0.15) is 5.26 Å². The summed E-state index contributed by atoms with van der Waals surface area (Å²) in [5.74, 6) is 1.16. The second-order valence-electron chi connectivity index (χ2n) is 4.45. The Balaban J connectivity index is 2.15. The first-order valence-electron chi connectivity index (χ1n) is 6.11. The summed E-state index contributed by atoms with van der Waals surface area (Å²) >= 11 is 12.0. The van der Waals surface area contributed by atoms with E-state index in [9.17, 15) is 0 Å². The van der Waals surface area contributed by atoms with Crippen molar-refractivity contribution in [2.45, 2.75) is 19.4 Å². The van der Waals surface area contributed by atoms with Gasteiger partial charge in [-0.25, -0.2) is 0 Å². The van der Waals surface area contributed by atoms with E-state index < -0.39 is 0 Å². The van der Waals surface area contributed by atoms with Crippen LogP contribution in [-0.4, -0.2) is 0 Å². The summed E-state index contributed by atoms with van der Waals surface area (Å²) < 4.78 is 5.77. The number of nitriles is 1. The van der Waals surface area contributed by atoms with Crippen LogP contribution in [0.5, 0.6) is 5.75 Å². The molecule has 0 fully saturated rings. The molecule has 0 saturated heterocycles. The molecule has 0 unspecified atom stereocenters. The third-order valence-electron chi connectivity index (χ3n) is 2.93. The number of nitrogens with zero attached hydrogens (tertiary/aromatic N) is 1. The maximum Gasteiger partial charge on any atom is 0.124 e. The second-order valence-corrected chi connectivity index (χ2v) is 5.13. The standard InChI is InChI=1S/C16H13Cl2NO/c1-11-2-5-16(14(6-11)8-17)20-10-13-4-3-12(9-19)7-15(13)18/h2-7H,8,10H2,1H3. The van der Waals surface area contributed by atoms with Gasteiger partial charge >= 0.3 is 0 Å². The van der Waals surface area contributed by atoms with E-state index >= 15 is 0 Å². The number of ether oxygens (including phenoxy) is 1. The molecular formula is C16H13Cl2NO. The van der Waals surface area contributed by atoms with Crippen molar-refractivity contribution in [3.8, 4) is 11.8 Å². The van der Waals surface area contributed by atoms with Crippen LogP contribution in [0.3, 0.4) is 0 Å². The van der Waals surface area contributed by atoms with Crippen LogP contribution in [0.1, 0.15) is 22.3 Å². The highest BCUT2D eigenvalue weighted by Gasteiger charge is 2.06. The van der Waals surface area contributed by atoms with E-state index in [1.165, 1.54) is 0 Å². The lowest BCUT2D eigenvalue weighted by molar-refractivity contribution is 0.304. The second kappa shape index (κ2) is 6.65. The molecule has 102 valence electrons. The van der Waals surface area contributed by atoms with E-state index in [4.69, 9.17) is 33.2 Å². The molecule has 0 bridgehead atoms. The number of benzene rings is 2. The number of halogens is 2.